The van der Waals surface area contributed by atoms with Crippen LogP contribution >= 0.6 is 0 Å². The van der Waals surface area contributed by atoms with Crippen molar-refractivity contribution in [3.63, 3.8) is 0 Å². The molecule has 0 aliphatic carbocycles. The quantitative estimate of drug-likeness (QED) is 0.770. The topological polar surface area (TPSA) is 45.5 Å². The van der Waals surface area contributed by atoms with Crippen LogP contribution in [0.2, 0.25) is 0 Å². The van der Waals surface area contributed by atoms with Crippen LogP contribution in [0.25, 0.3) is 10.9 Å². The van der Waals surface area contributed by atoms with Crippen molar-refractivity contribution in [1.29, 1.82) is 0 Å². The number of hydrogen-bond acceptors (Lipinski definition) is 2. The van der Waals surface area contributed by atoms with E-state index in [2.05, 4.69) is 0 Å². The molecule has 1 N–H and O–H groups in total. The number of likely N-dealkylation sites (tertiary alicyclic amines) is 1. The molecule has 140 valence electrons. The van der Waals surface area contributed by atoms with Crippen molar-refractivity contribution < 1.29 is 14.3 Å². The molecule has 1 amide bonds. The fourth-order valence-corrected chi connectivity index (χ4v) is 3.89. The largest absolute Gasteiger partial charge is 0.385 e. The summed E-state index contributed by atoms with van der Waals surface area (Å²) in [4.78, 5) is 14.5. The maximum atomic E-state index is 13.5. The molecule has 0 saturated carbocycles. The van der Waals surface area contributed by atoms with Gasteiger partial charge in [0.25, 0.3) is 0 Å². The second kappa shape index (κ2) is 6.82. The zero-order valence-electron chi connectivity index (χ0n) is 15.4. The van der Waals surface area contributed by atoms with E-state index in [9.17, 15) is 14.3 Å². The highest BCUT2D eigenvalue weighted by Crippen LogP contribution is 2.33. The Bertz CT molecular complexity index is 987. The van der Waals surface area contributed by atoms with Crippen molar-refractivity contribution in [1.82, 2.24) is 9.47 Å². The van der Waals surface area contributed by atoms with E-state index in [0.717, 1.165) is 22.0 Å². The maximum absolute atomic E-state index is 13.5. The number of rotatable bonds is 3. The Labute approximate surface area is 157 Å². The van der Waals surface area contributed by atoms with Crippen LogP contribution in [0.3, 0.4) is 0 Å². The zero-order valence-corrected chi connectivity index (χ0v) is 15.4. The molecule has 1 aromatic heterocycles. The molecule has 2 heterocycles. The minimum absolute atomic E-state index is 0.0111. The Kier molecular flexibility index (Phi) is 4.48. The average molecular weight is 366 g/mol. The number of nitrogens with zero attached hydrogens (tertiary/aromatic N) is 2. The van der Waals surface area contributed by atoms with Gasteiger partial charge in [0.05, 0.1) is 11.1 Å². The smallest absolute Gasteiger partial charge is 0.242 e. The molecule has 1 fully saturated rings. The van der Waals surface area contributed by atoms with Crippen LogP contribution in [-0.4, -0.2) is 33.6 Å². The summed E-state index contributed by atoms with van der Waals surface area (Å²) in [6.45, 7) is 3.21. The summed E-state index contributed by atoms with van der Waals surface area (Å²) in [5.74, 6) is -0.320. The van der Waals surface area contributed by atoms with Crippen molar-refractivity contribution in [3.8, 4) is 0 Å². The number of benzene rings is 2. The first-order chi connectivity index (χ1) is 12.9. The third-order valence-electron chi connectivity index (χ3n) is 5.54. The van der Waals surface area contributed by atoms with E-state index in [4.69, 9.17) is 0 Å². The molecule has 0 bridgehead atoms. The van der Waals surface area contributed by atoms with Gasteiger partial charge < -0.3 is 14.6 Å². The summed E-state index contributed by atoms with van der Waals surface area (Å²) in [7, 11) is 0. The predicted molar refractivity (Wildman–Crippen MR) is 103 cm³/mol. The standard InChI is InChI=1S/C22H23FN2O2/c1-16-3-2-4-18(13-16)22(27)8-11-24(12-9-22)21(26)15-25-10-7-17-5-6-19(23)14-20(17)25/h2-7,10,13-14,27H,8-9,11-12,15H2,1H3. The van der Waals surface area contributed by atoms with E-state index < -0.39 is 5.60 Å². The summed E-state index contributed by atoms with van der Waals surface area (Å²) in [6, 6.07) is 14.4. The lowest BCUT2D eigenvalue weighted by atomic mass is 9.84. The van der Waals surface area contributed by atoms with Gasteiger partial charge in [-0.1, -0.05) is 29.8 Å². The average Bonchev–Trinajstić information content (AvgIpc) is 3.04. The van der Waals surface area contributed by atoms with Gasteiger partial charge in [0.15, 0.2) is 0 Å². The van der Waals surface area contributed by atoms with Crippen molar-refractivity contribution in [2.45, 2.75) is 31.9 Å². The molecule has 4 rings (SSSR count). The number of carbonyl (C=O) groups excluding carboxylic acids is 1. The molecule has 1 saturated heterocycles. The Morgan fingerprint density at radius 3 is 2.67 bits per heavy atom. The van der Waals surface area contributed by atoms with Crippen LogP contribution in [0.15, 0.2) is 54.7 Å². The normalized spacial score (nSPS) is 16.6. The molecule has 27 heavy (non-hydrogen) atoms. The molecule has 2 aromatic carbocycles. The van der Waals surface area contributed by atoms with Crippen LogP contribution in [-0.2, 0) is 16.9 Å². The SMILES string of the molecule is Cc1cccc(C2(O)CCN(C(=O)Cn3ccc4ccc(F)cc43)CC2)c1. The van der Waals surface area contributed by atoms with Gasteiger partial charge >= 0.3 is 0 Å². The Morgan fingerprint density at radius 2 is 1.93 bits per heavy atom. The fourth-order valence-electron chi connectivity index (χ4n) is 3.89. The van der Waals surface area contributed by atoms with Gasteiger partial charge in [-0.05, 0) is 55.0 Å². The summed E-state index contributed by atoms with van der Waals surface area (Å²) in [5, 5.41) is 11.9. The number of fused-ring (bicyclic) bond motifs is 1. The van der Waals surface area contributed by atoms with Gasteiger partial charge in [-0.15, -0.1) is 0 Å². The number of piperidine rings is 1. The minimum Gasteiger partial charge on any atom is -0.385 e. The van der Waals surface area contributed by atoms with Gasteiger partial charge in [0.2, 0.25) is 5.91 Å². The molecular weight excluding hydrogens is 343 g/mol. The maximum Gasteiger partial charge on any atom is 0.242 e. The van der Waals surface area contributed by atoms with Crippen LogP contribution in [0, 0.1) is 12.7 Å². The molecule has 3 aromatic rings. The second-order valence-corrected chi connectivity index (χ2v) is 7.43. The fraction of sp³-hybridized carbons (Fsp3) is 0.318. The summed E-state index contributed by atoms with van der Waals surface area (Å²) in [5.41, 5.74) is 1.87. The number of aryl methyl sites for hydroxylation is 1. The van der Waals surface area contributed by atoms with E-state index in [1.807, 2.05) is 43.5 Å². The molecule has 1 aliphatic rings. The molecule has 0 unspecified atom stereocenters. The zero-order chi connectivity index (χ0) is 19.0. The summed E-state index contributed by atoms with van der Waals surface area (Å²) in [6.07, 6.45) is 2.85. The highest BCUT2D eigenvalue weighted by Gasteiger charge is 2.35. The molecule has 5 heteroatoms. The highest BCUT2D eigenvalue weighted by atomic mass is 19.1. The van der Waals surface area contributed by atoms with Crippen LogP contribution in [0.1, 0.15) is 24.0 Å². The van der Waals surface area contributed by atoms with E-state index >= 15 is 0 Å². The van der Waals surface area contributed by atoms with Crippen molar-refractivity contribution in [3.05, 3.63) is 71.7 Å². The first kappa shape index (κ1) is 17.7. The predicted octanol–water partition coefficient (Wildman–Crippen LogP) is 3.60. The summed E-state index contributed by atoms with van der Waals surface area (Å²) < 4.78 is 15.3. The Hall–Kier alpha value is -2.66. The number of halogens is 1. The molecule has 4 nitrogen and oxygen atoms in total. The molecule has 0 atom stereocenters. The monoisotopic (exact) mass is 366 g/mol. The minimum atomic E-state index is -0.883. The van der Waals surface area contributed by atoms with Gasteiger partial charge in [0.1, 0.15) is 12.4 Å². The highest BCUT2D eigenvalue weighted by molar-refractivity contribution is 5.83. The van der Waals surface area contributed by atoms with Gasteiger partial charge in [-0.25, -0.2) is 4.39 Å². The van der Waals surface area contributed by atoms with Gasteiger partial charge in [0, 0.05) is 19.3 Å². The van der Waals surface area contributed by atoms with Crippen molar-refractivity contribution >= 4 is 16.8 Å². The molecule has 0 spiro atoms. The Morgan fingerprint density at radius 1 is 1.15 bits per heavy atom. The van der Waals surface area contributed by atoms with Crippen molar-refractivity contribution in [2.75, 3.05) is 13.1 Å². The van der Waals surface area contributed by atoms with Gasteiger partial charge in [-0.2, -0.15) is 0 Å². The van der Waals surface area contributed by atoms with Crippen LogP contribution in [0.5, 0.6) is 0 Å². The lowest BCUT2D eigenvalue weighted by Gasteiger charge is -2.38. The second-order valence-electron chi connectivity index (χ2n) is 7.43. The number of aromatic nitrogens is 1. The summed E-state index contributed by atoms with van der Waals surface area (Å²) >= 11 is 0. The molecule has 0 radical (unpaired) electrons. The lowest BCUT2D eigenvalue weighted by molar-refractivity contribution is -0.136. The molecule has 1 aliphatic heterocycles. The van der Waals surface area contributed by atoms with Crippen molar-refractivity contribution in [2.24, 2.45) is 0 Å². The van der Waals surface area contributed by atoms with E-state index in [1.165, 1.54) is 12.1 Å². The van der Waals surface area contributed by atoms with Crippen LogP contribution < -0.4 is 0 Å². The number of hydrogen-bond donors (Lipinski definition) is 1. The number of amides is 1. The third kappa shape index (κ3) is 3.47. The number of aliphatic hydroxyl groups is 1. The molecular formula is C22H23FN2O2. The lowest BCUT2D eigenvalue weighted by Crippen LogP contribution is -2.46. The van der Waals surface area contributed by atoms with Crippen LogP contribution in [0.4, 0.5) is 4.39 Å². The first-order valence-corrected chi connectivity index (χ1v) is 9.26. The Balaban J connectivity index is 1.45. The number of carbonyl (C=O) groups is 1. The third-order valence-corrected chi connectivity index (χ3v) is 5.54. The van der Waals surface area contributed by atoms with Gasteiger partial charge in [-0.3, -0.25) is 4.79 Å². The first-order valence-electron chi connectivity index (χ1n) is 9.26. The van der Waals surface area contributed by atoms with E-state index in [-0.39, 0.29) is 18.3 Å². The van der Waals surface area contributed by atoms with E-state index in [1.54, 1.807) is 15.5 Å². The van der Waals surface area contributed by atoms with E-state index in [0.29, 0.717) is 25.9 Å².